The van der Waals surface area contributed by atoms with Gasteiger partial charge in [0.15, 0.2) is 0 Å². The number of thiophene rings is 1. The molecule has 4 heteroatoms. The molecule has 1 aromatic carbocycles. The van der Waals surface area contributed by atoms with E-state index >= 15 is 0 Å². The van der Waals surface area contributed by atoms with Gasteiger partial charge in [0.1, 0.15) is 12.1 Å². The SMILES string of the molecule is COc1ccc(-c2ccc(/C=C/c3ccncn3)s2)cc1. The number of hydrogen-bond donors (Lipinski definition) is 0. The lowest BCUT2D eigenvalue weighted by atomic mass is 10.2. The zero-order chi connectivity index (χ0) is 14.5. The fraction of sp³-hybridized carbons (Fsp3) is 0.0588. The van der Waals surface area contributed by atoms with Crippen LogP contribution < -0.4 is 4.74 Å². The van der Waals surface area contributed by atoms with E-state index in [1.165, 1.54) is 15.3 Å². The summed E-state index contributed by atoms with van der Waals surface area (Å²) in [7, 11) is 1.68. The van der Waals surface area contributed by atoms with Crippen molar-refractivity contribution in [3.8, 4) is 16.2 Å². The summed E-state index contributed by atoms with van der Waals surface area (Å²) >= 11 is 1.75. The summed E-state index contributed by atoms with van der Waals surface area (Å²) in [4.78, 5) is 10.5. The van der Waals surface area contributed by atoms with Crippen molar-refractivity contribution in [2.45, 2.75) is 0 Å². The Labute approximate surface area is 127 Å². The van der Waals surface area contributed by atoms with E-state index in [-0.39, 0.29) is 0 Å². The van der Waals surface area contributed by atoms with Crippen LogP contribution in [-0.4, -0.2) is 17.1 Å². The Bertz CT molecular complexity index is 733. The van der Waals surface area contributed by atoms with Gasteiger partial charge in [-0.25, -0.2) is 9.97 Å². The average molecular weight is 294 g/mol. The third-order valence-electron chi connectivity index (χ3n) is 3.02. The number of rotatable bonds is 4. The van der Waals surface area contributed by atoms with Crippen LogP contribution in [0.15, 0.2) is 55.0 Å². The van der Waals surface area contributed by atoms with Crippen LogP contribution >= 0.6 is 11.3 Å². The van der Waals surface area contributed by atoms with Crippen molar-refractivity contribution < 1.29 is 4.74 Å². The molecule has 0 N–H and O–H groups in total. The van der Waals surface area contributed by atoms with Crippen LogP contribution in [-0.2, 0) is 0 Å². The summed E-state index contributed by atoms with van der Waals surface area (Å²) in [5.74, 6) is 0.874. The molecule has 21 heavy (non-hydrogen) atoms. The Morgan fingerprint density at radius 2 is 1.86 bits per heavy atom. The van der Waals surface area contributed by atoms with Crippen LogP contribution in [0.4, 0.5) is 0 Å². The third kappa shape index (κ3) is 3.35. The molecule has 0 aliphatic carbocycles. The first-order valence-corrected chi connectivity index (χ1v) is 7.35. The molecule has 3 rings (SSSR count). The summed E-state index contributed by atoms with van der Waals surface area (Å²) < 4.78 is 5.18. The number of hydrogen-bond acceptors (Lipinski definition) is 4. The largest absolute Gasteiger partial charge is 0.497 e. The molecule has 0 aliphatic rings. The molecule has 0 spiro atoms. The normalized spacial score (nSPS) is 10.9. The minimum Gasteiger partial charge on any atom is -0.497 e. The predicted molar refractivity (Wildman–Crippen MR) is 87.3 cm³/mol. The first-order valence-electron chi connectivity index (χ1n) is 6.53. The van der Waals surface area contributed by atoms with Crippen molar-refractivity contribution in [1.29, 1.82) is 0 Å². The van der Waals surface area contributed by atoms with Crippen molar-refractivity contribution in [2.24, 2.45) is 0 Å². The topological polar surface area (TPSA) is 35.0 Å². The molecule has 0 amide bonds. The molecule has 2 heterocycles. The van der Waals surface area contributed by atoms with Crippen LogP contribution in [0, 0.1) is 0 Å². The van der Waals surface area contributed by atoms with E-state index in [9.17, 15) is 0 Å². The number of benzene rings is 1. The van der Waals surface area contributed by atoms with Gasteiger partial charge in [-0.15, -0.1) is 11.3 Å². The standard InChI is InChI=1S/C17H14N2OS/c1-20-15-5-2-13(3-6-15)17-9-8-16(21-17)7-4-14-10-11-18-12-19-14/h2-12H,1H3/b7-4+. The molecule has 104 valence electrons. The van der Waals surface area contributed by atoms with E-state index in [4.69, 9.17) is 4.74 Å². The van der Waals surface area contributed by atoms with E-state index in [0.29, 0.717) is 0 Å². The van der Waals surface area contributed by atoms with Gasteiger partial charge in [-0.05, 0) is 60.2 Å². The Kier molecular flexibility index (Phi) is 4.07. The Hall–Kier alpha value is -2.46. The predicted octanol–water partition coefficient (Wildman–Crippen LogP) is 4.38. The Morgan fingerprint density at radius 1 is 1.00 bits per heavy atom. The number of methoxy groups -OCH3 is 1. The van der Waals surface area contributed by atoms with Crippen LogP contribution in [0.1, 0.15) is 10.6 Å². The van der Waals surface area contributed by atoms with E-state index in [1.54, 1.807) is 31.0 Å². The fourth-order valence-corrected chi connectivity index (χ4v) is 2.84. The van der Waals surface area contributed by atoms with E-state index in [0.717, 1.165) is 11.4 Å². The maximum atomic E-state index is 5.18. The molecular weight excluding hydrogens is 280 g/mol. The second-order valence-corrected chi connectivity index (χ2v) is 5.51. The zero-order valence-corrected chi connectivity index (χ0v) is 12.4. The molecule has 2 aromatic heterocycles. The smallest absolute Gasteiger partial charge is 0.118 e. The van der Waals surface area contributed by atoms with Crippen molar-refractivity contribution in [3.05, 3.63) is 65.6 Å². The summed E-state index contributed by atoms with van der Waals surface area (Å²) in [5, 5.41) is 0. The fourth-order valence-electron chi connectivity index (χ4n) is 1.92. The molecule has 0 unspecified atom stereocenters. The lowest BCUT2D eigenvalue weighted by Crippen LogP contribution is -1.81. The van der Waals surface area contributed by atoms with Gasteiger partial charge >= 0.3 is 0 Å². The second kappa shape index (κ2) is 6.33. The minimum atomic E-state index is 0.874. The van der Waals surface area contributed by atoms with Gasteiger partial charge in [-0.2, -0.15) is 0 Å². The Balaban J connectivity index is 1.78. The molecule has 3 nitrogen and oxygen atoms in total. The molecule has 0 bridgehead atoms. The van der Waals surface area contributed by atoms with Gasteiger partial charge < -0.3 is 4.74 Å². The monoisotopic (exact) mass is 294 g/mol. The van der Waals surface area contributed by atoms with Gasteiger partial charge in [0.2, 0.25) is 0 Å². The average Bonchev–Trinajstić information content (AvgIpc) is 3.03. The lowest BCUT2D eigenvalue weighted by Gasteiger charge is -2.00. The summed E-state index contributed by atoms with van der Waals surface area (Å²) in [5.41, 5.74) is 2.10. The van der Waals surface area contributed by atoms with E-state index in [2.05, 4.69) is 40.3 Å². The highest BCUT2D eigenvalue weighted by Gasteiger charge is 2.01. The molecule has 0 radical (unpaired) electrons. The van der Waals surface area contributed by atoms with E-state index < -0.39 is 0 Å². The maximum absolute atomic E-state index is 5.18. The van der Waals surface area contributed by atoms with Crippen LogP contribution in [0.2, 0.25) is 0 Å². The summed E-state index contributed by atoms with van der Waals surface area (Å²) in [6.07, 6.45) is 7.35. The van der Waals surface area contributed by atoms with Crippen molar-refractivity contribution >= 4 is 23.5 Å². The number of ether oxygens (including phenoxy) is 1. The maximum Gasteiger partial charge on any atom is 0.118 e. The molecular formula is C17H14N2OS. The highest BCUT2D eigenvalue weighted by atomic mass is 32.1. The van der Waals surface area contributed by atoms with Crippen LogP contribution in [0.25, 0.3) is 22.6 Å². The lowest BCUT2D eigenvalue weighted by molar-refractivity contribution is 0.415. The van der Waals surface area contributed by atoms with Gasteiger partial charge in [-0.1, -0.05) is 0 Å². The van der Waals surface area contributed by atoms with Gasteiger partial charge in [0, 0.05) is 16.0 Å². The first kappa shape index (κ1) is 13.5. The molecule has 0 atom stereocenters. The van der Waals surface area contributed by atoms with Crippen molar-refractivity contribution in [2.75, 3.05) is 7.11 Å². The number of aromatic nitrogens is 2. The van der Waals surface area contributed by atoms with Crippen LogP contribution in [0.5, 0.6) is 5.75 Å². The molecule has 0 aliphatic heterocycles. The van der Waals surface area contributed by atoms with Crippen LogP contribution in [0.3, 0.4) is 0 Å². The highest BCUT2D eigenvalue weighted by molar-refractivity contribution is 7.16. The molecule has 3 aromatic rings. The second-order valence-electron chi connectivity index (χ2n) is 4.40. The highest BCUT2D eigenvalue weighted by Crippen LogP contribution is 2.30. The zero-order valence-electron chi connectivity index (χ0n) is 11.6. The van der Waals surface area contributed by atoms with Gasteiger partial charge in [0.05, 0.1) is 12.8 Å². The number of nitrogens with zero attached hydrogens (tertiary/aromatic N) is 2. The third-order valence-corrected chi connectivity index (χ3v) is 4.12. The van der Waals surface area contributed by atoms with Crippen molar-refractivity contribution in [1.82, 2.24) is 9.97 Å². The van der Waals surface area contributed by atoms with Gasteiger partial charge in [-0.3, -0.25) is 0 Å². The molecule has 0 saturated carbocycles. The van der Waals surface area contributed by atoms with Crippen molar-refractivity contribution in [3.63, 3.8) is 0 Å². The summed E-state index contributed by atoms with van der Waals surface area (Å²) in [6, 6.07) is 14.2. The molecule has 0 saturated heterocycles. The quantitative estimate of drug-likeness (QED) is 0.716. The van der Waals surface area contributed by atoms with E-state index in [1.807, 2.05) is 24.3 Å². The summed E-state index contributed by atoms with van der Waals surface area (Å²) in [6.45, 7) is 0. The Morgan fingerprint density at radius 3 is 2.57 bits per heavy atom. The molecule has 0 fully saturated rings. The first-order chi connectivity index (χ1) is 10.3. The van der Waals surface area contributed by atoms with Gasteiger partial charge in [0.25, 0.3) is 0 Å². The minimum absolute atomic E-state index is 0.874.